The maximum absolute atomic E-state index is 11.7. The molecule has 1 aromatic carbocycles. The number of hydrogen-bond acceptors (Lipinski definition) is 3. The van der Waals surface area contributed by atoms with Gasteiger partial charge in [0.15, 0.2) is 0 Å². The van der Waals surface area contributed by atoms with E-state index in [1.807, 2.05) is 0 Å². The molecule has 0 aromatic heterocycles. The Morgan fingerprint density at radius 3 is 2.50 bits per heavy atom. The lowest BCUT2D eigenvalue weighted by atomic mass is 10.1. The van der Waals surface area contributed by atoms with E-state index in [-0.39, 0.29) is 31.1 Å². The number of amides is 2. The second-order valence-electron chi connectivity index (χ2n) is 4.35. The third-order valence-electron chi connectivity index (χ3n) is 2.87. The molecule has 6 nitrogen and oxygen atoms in total. The lowest BCUT2D eigenvalue weighted by Gasteiger charge is -2.11. The number of carboxylic acid groups (broad SMARTS) is 1. The van der Waals surface area contributed by atoms with Crippen LogP contribution < -0.4 is 10.6 Å². The summed E-state index contributed by atoms with van der Waals surface area (Å²) >= 11 is 0. The third kappa shape index (κ3) is 4.38. The number of rotatable bonds is 6. The molecule has 0 spiro atoms. The van der Waals surface area contributed by atoms with E-state index in [0.717, 1.165) is 0 Å². The zero-order chi connectivity index (χ0) is 15.1. The Balaban J connectivity index is 2.70. The van der Waals surface area contributed by atoms with E-state index in [4.69, 9.17) is 5.11 Å². The average Bonchev–Trinajstić information content (AvgIpc) is 2.40. The topological polar surface area (TPSA) is 95.5 Å². The molecule has 1 rings (SSSR count). The summed E-state index contributed by atoms with van der Waals surface area (Å²) in [6.45, 7) is 1.75. The highest BCUT2D eigenvalue weighted by Gasteiger charge is 2.12. The standard InChI is InChI=1S/C14H18N2O4/c1-9-10(14(20)15-2)5-3-6-11(9)16-12(17)7-4-8-13(18)19/h3,5-6H,4,7-8H2,1-2H3,(H,15,20)(H,16,17)(H,18,19). The molecule has 0 radical (unpaired) electrons. The Hall–Kier alpha value is -2.37. The largest absolute Gasteiger partial charge is 0.481 e. The smallest absolute Gasteiger partial charge is 0.303 e. The van der Waals surface area contributed by atoms with Gasteiger partial charge in [0, 0.05) is 31.1 Å². The second kappa shape index (κ2) is 7.28. The maximum atomic E-state index is 11.7. The predicted molar refractivity (Wildman–Crippen MR) is 74.7 cm³/mol. The molecule has 1 aromatic rings. The molecule has 0 aliphatic carbocycles. The van der Waals surface area contributed by atoms with Gasteiger partial charge in [-0.05, 0) is 31.0 Å². The number of hydrogen-bond donors (Lipinski definition) is 3. The van der Waals surface area contributed by atoms with Crippen LogP contribution in [0.1, 0.15) is 35.2 Å². The minimum atomic E-state index is -0.921. The first-order valence-electron chi connectivity index (χ1n) is 6.29. The molecule has 0 fully saturated rings. The first-order valence-corrected chi connectivity index (χ1v) is 6.29. The maximum Gasteiger partial charge on any atom is 0.303 e. The minimum Gasteiger partial charge on any atom is -0.481 e. The summed E-state index contributed by atoms with van der Waals surface area (Å²) in [5, 5.41) is 13.7. The zero-order valence-electron chi connectivity index (χ0n) is 11.5. The fourth-order valence-corrected chi connectivity index (χ4v) is 1.76. The van der Waals surface area contributed by atoms with Crippen LogP contribution in [0.3, 0.4) is 0 Å². The van der Waals surface area contributed by atoms with Crippen molar-refractivity contribution in [2.45, 2.75) is 26.2 Å². The van der Waals surface area contributed by atoms with Gasteiger partial charge in [0.1, 0.15) is 0 Å². The first-order chi connectivity index (χ1) is 9.45. The van der Waals surface area contributed by atoms with Crippen molar-refractivity contribution in [1.82, 2.24) is 5.32 Å². The molecule has 2 amide bonds. The molecular weight excluding hydrogens is 260 g/mol. The van der Waals surface area contributed by atoms with Crippen LogP contribution >= 0.6 is 0 Å². The molecule has 0 saturated carbocycles. The molecule has 0 aliphatic heterocycles. The second-order valence-corrected chi connectivity index (χ2v) is 4.35. The summed E-state index contributed by atoms with van der Waals surface area (Å²) in [5.74, 6) is -1.40. The van der Waals surface area contributed by atoms with Crippen molar-refractivity contribution in [2.24, 2.45) is 0 Å². The molecule has 108 valence electrons. The summed E-state index contributed by atoms with van der Waals surface area (Å²) < 4.78 is 0. The zero-order valence-corrected chi connectivity index (χ0v) is 11.5. The highest BCUT2D eigenvalue weighted by Crippen LogP contribution is 2.19. The summed E-state index contributed by atoms with van der Waals surface area (Å²) in [5.41, 5.74) is 1.74. The van der Waals surface area contributed by atoms with Crippen molar-refractivity contribution in [1.29, 1.82) is 0 Å². The molecule has 0 heterocycles. The van der Waals surface area contributed by atoms with Crippen LogP contribution in [0.5, 0.6) is 0 Å². The molecule has 20 heavy (non-hydrogen) atoms. The lowest BCUT2D eigenvalue weighted by molar-refractivity contribution is -0.137. The van der Waals surface area contributed by atoms with Crippen LogP contribution in [-0.2, 0) is 9.59 Å². The van der Waals surface area contributed by atoms with Gasteiger partial charge in [-0.25, -0.2) is 0 Å². The van der Waals surface area contributed by atoms with Crippen LogP contribution in [0.25, 0.3) is 0 Å². The normalized spacial score (nSPS) is 9.90. The molecular formula is C14H18N2O4. The van der Waals surface area contributed by atoms with E-state index in [0.29, 0.717) is 16.8 Å². The number of aliphatic carboxylic acids is 1. The highest BCUT2D eigenvalue weighted by molar-refractivity contribution is 5.99. The number of carboxylic acids is 1. The van der Waals surface area contributed by atoms with Gasteiger partial charge in [0.05, 0.1) is 0 Å². The van der Waals surface area contributed by atoms with Gasteiger partial charge in [-0.1, -0.05) is 6.07 Å². The third-order valence-corrected chi connectivity index (χ3v) is 2.87. The molecule has 3 N–H and O–H groups in total. The fraction of sp³-hybridized carbons (Fsp3) is 0.357. The van der Waals surface area contributed by atoms with Crippen LogP contribution in [0.15, 0.2) is 18.2 Å². The molecule has 0 unspecified atom stereocenters. The highest BCUT2D eigenvalue weighted by atomic mass is 16.4. The van der Waals surface area contributed by atoms with Crippen molar-refractivity contribution in [3.63, 3.8) is 0 Å². The van der Waals surface area contributed by atoms with Gasteiger partial charge < -0.3 is 15.7 Å². The van der Waals surface area contributed by atoms with E-state index in [1.54, 1.807) is 32.2 Å². The van der Waals surface area contributed by atoms with Crippen molar-refractivity contribution >= 4 is 23.5 Å². The van der Waals surface area contributed by atoms with Crippen molar-refractivity contribution in [3.8, 4) is 0 Å². The van der Waals surface area contributed by atoms with Crippen LogP contribution in [-0.4, -0.2) is 29.9 Å². The first kappa shape index (κ1) is 15.7. The Kier molecular flexibility index (Phi) is 5.71. The molecule has 0 saturated heterocycles. The van der Waals surface area contributed by atoms with E-state index in [1.165, 1.54) is 0 Å². The number of nitrogens with one attached hydrogen (secondary N) is 2. The van der Waals surface area contributed by atoms with E-state index in [9.17, 15) is 14.4 Å². The van der Waals surface area contributed by atoms with Gasteiger partial charge in [0.2, 0.25) is 5.91 Å². The van der Waals surface area contributed by atoms with Gasteiger partial charge >= 0.3 is 5.97 Å². The van der Waals surface area contributed by atoms with E-state index in [2.05, 4.69) is 10.6 Å². The summed E-state index contributed by atoms with van der Waals surface area (Å²) in [7, 11) is 1.54. The summed E-state index contributed by atoms with van der Waals surface area (Å²) in [6, 6.07) is 5.07. The van der Waals surface area contributed by atoms with E-state index < -0.39 is 5.97 Å². The number of anilines is 1. The van der Waals surface area contributed by atoms with Crippen molar-refractivity contribution < 1.29 is 19.5 Å². The van der Waals surface area contributed by atoms with Crippen LogP contribution in [0, 0.1) is 6.92 Å². The molecule has 0 atom stereocenters. The SMILES string of the molecule is CNC(=O)c1cccc(NC(=O)CCCC(=O)O)c1C. The molecule has 6 heteroatoms. The number of benzene rings is 1. The Labute approximate surface area is 117 Å². The Morgan fingerprint density at radius 2 is 1.90 bits per heavy atom. The lowest BCUT2D eigenvalue weighted by Crippen LogP contribution is -2.20. The van der Waals surface area contributed by atoms with Crippen LogP contribution in [0.4, 0.5) is 5.69 Å². The van der Waals surface area contributed by atoms with Gasteiger partial charge in [0.25, 0.3) is 5.91 Å². The average molecular weight is 278 g/mol. The predicted octanol–water partition coefficient (Wildman–Crippen LogP) is 1.55. The van der Waals surface area contributed by atoms with Crippen molar-refractivity contribution in [3.05, 3.63) is 29.3 Å². The fourth-order valence-electron chi connectivity index (χ4n) is 1.76. The quantitative estimate of drug-likeness (QED) is 0.735. The van der Waals surface area contributed by atoms with Gasteiger partial charge in [-0.2, -0.15) is 0 Å². The number of carbonyl (C=O) groups is 3. The Bertz CT molecular complexity index is 526. The van der Waals surface area contributed by atoms with Crippen LogP contribution in [0.2, 0.25) is 0 Å². The van der Waals surface area contributed by atoms with Crippen molar-refractivity contribution in [2.75, 3.05) is 12.4 Å². The summed E-state index contributed by atoms with van der Waals surface area (Å²) in [4.78, 5) is 33.7. The van der Waals surface area contributed by atoms with Gasteiger partial charge in [-0.3, -0.25) is 14.4 Å². The monoisotopic (exact) mass is 278 g/mol. The molecule has 0 bridgehead atoms. The minimum absolute atomic E-state index is 0.0370. The summed E-state index contributed by atoms with van der Waals surface area (Å²) in [6.07, 6.45) is 0.385. The van der Waals surface area contributed by atoms with Gasteiger partial charge in [-0.15, -0.1) is 0 Å². The number of carbonyl (C=O) groups excluding carboxylic acids is 2. The van der Waals surface area contributed by atoms with E-state index >= 15 is 0 Å². The Morgan fingerprint density at radius 1 is 1.20 bits per heavy atom. The molecule has 0 aliphatic rings.